The standard InChI is InChI=1S/C18H27N/c1-5-9-15-17(19-8-4)18(6-2,7-3)16-13-11-10-12-14-16/h1,10-14,17,19H,6-9,15H2,2-4H3. The van der Waals surface area contributed by atoms with Crippen LogP contribution < -0.4 is 5.32 Å². The van der Waals surface area contributed by atoms with E-state index in [-0.39, 0.29) is 5.41 Å². The maximum absolute atomic E-state index is 5.46. The molecule has 19 heavy (non-hydrogen) atoms. The van der Waals surface area contributed by atoms with Crippen molar-refractivity contribution in [1.82, 2.24) is 5.32 Å². The highest BCUT2D eigenvalue weighted by atomic mass is 14.9. The minimum absolute atomic E-state index is 0.189. The van der Waals surface area contributed by atoms with E-state index in [0.29, 0.717) is 6.04 Å². The van der Waals surface area contributed by atoms with Crippen LogP contribution in [0.25, 0.3) is 0 Å². The van der Waals surface area contributed by atoms with Gasteiger partial charge in [0.2, 0.25) is 0 Å². The molecule has 1 aromatic rings. The molecule has 0 radical (unpaired) electrons. The van der Waals surface area contributed by atoms with E-state index < -0.39 is 0 Å². The monoisotopic (exact) mass is 257 g/mol. The van der Waals surface area contributed by atoms with E-state index in [9.17, 15) is 0 Å². The van der Waals surface area contributed by atoms with Gasteiger partial charge >= 0.3 is 0 Å². The predicted molar refractivity (Wildman–Crippen MR) is 84.2 cm³/mol. The van der Waals surface area contributed by atoms with Gasteiger partial charge in [-0.1, -0.05) is 51.1 Å². The van der Waals surface area contributed by atoms with Crippen LogP contribution in [0.15, 0.2) is 30.3 Å². The molecule has 0 aliphatic rings. The zero-order valence-corrected chi connectivity index (χ0v) is 12.6. The molecule has 0 aliphatic heterocycles. The first-order chi connectivity index (χ1) is 9.25. The van der Waals surface area contributed by atoms with Crippen LogP contribution in [0.3, 0.4) is 0 Å². The molecule has 0 fully saturated rings. The number of rotatable bonds is 8. The zero-order chi connectivity index (χ0) is 14.1. The first-order valence-corrected chi connectivity index (χ1v) is 7.47. The molecule has 0 spiro atoms. The third-order valence-corrected chi connectivity index (χ3v) is 4.31. The Labute approximate surface area is 118 Å². The third kappa shape index (κ3) is 3.61. The Kier molecular flexibility index (Phi) is 6.67. The summed E-state index contributed by atoms with van der Waals surface area (Å²) in [5.41, 5.74) is 1.62. The maximum Gasteiger partial charge on any atom is 0.0173 e. The Hall–Kier alpha value is -1.26. The SMILES string of the molecule is C#CCCC(NCC)C(CC)(CC)c1ccccc1. The largest absolute Gasteiger partial charge is 0.313 e. The van der Waals surface area contributed by atoms with Gasteiger partial charge in [-0.05, 0) is 31.4 Å². The Morgan fingerprint density at radius 2 is 1.79 bits per heavy atom. The van der Waals surface area contributed by atoms with Crippen molar-refractivity contribution >= 4 is 0 Å². The number of nitrogens with one attached hydrogen (secondary N) is 1. The number of benzene rings is 1. The molecule has 0 heterocycles. The van der Waals surface area contributed by atoms with E-state index in [1.165, 1.54) is 5.56 Å². The summed E-state index contributed by atoms with van der Waals surface area (Å²) < 4.78 is 0. The average Bonchev–Trinajstić information content (AvgIpc) is 2.47. The van der Waals surface area contributed by atoms with Crippen LogP contribution in [0.5, 0.6) is 0 Å². The second kappa shape index (κ2) is 8.02. The molecule has 1 heteroatoms. The average molecular weight is 257 g/mol. The van der Waals surface area contributed by atoms with Gasteiger partial charge in [-0.15, -0.1) is 12.3 Å². The molecule has 1 nitrogen and oxygen atoms in total. The molecular weight excluding hydrogens is 230 g/mol. The van der Waals surface area contributed by atoms with Crippen LogP contribution in [0, 0.1) is 12.3 Å². The zero-order valence-electron chi connectivity index (χ0n) is 12.6. The fourth-order valence-electron chi connectivity index (χ4n) is 3.17. The lowest BCUT2D eigenvalue weighted by Crippen LogP contribution is -2.48. The van der Waals surface area contributed by atoms with E-state index >= 15 is 0 Å². The quantitative estimate of drug-likeness (QED) is 0.690. The fourth-order valence-corrected chi connectivity index (χ4v) is 3.17. The Balaban J connectivity index is 3.10. The molecule has 0 saturated carbocycles. The van der Waals surface area contributed by atoms with Gasteiger partial charge in [0.15, 0.2) is 0 Å². The first-order valence-electron chi connectivity index (χ1n) is 7.47. The minimum Gasteiger partial charge on any atom is -0.313 e. The summed E-state index contributed by atoms with van der Waals surface area (Å²) in [7, 11) is 0. The summed E-state index contributed by atoms with van der Waals surface area (Å²) >= 11 is 0. The van der Waals surface area contributed by atoms with Crippen molar-refractivity contribution in [2.45, 2.75) is 57.9 Å². The van der Waals surface area contributed by atoms with Gasteiger partial charge in [0, 0.05) is 17.9 Å². The summed E-state index contributed by atoms with van der Waals surface area (Å²) in [5, 5.41) is 3.66. The molecule has 0 bridgehead atoms. The van der Waals surface area contributed by atoms with Crippen molar-refractivity contribution in [3.63, 3.8) is 0 Å². The summed E-state index contributed by atoms with van der Waals surface area (Å²) in [6, 6.07) is 11.3. The maximum atomic E-state index is 5.46. The van der Waals surface area contributed by atoms with Gasteiger partial charge < -0.3 is 5.32 Å². The molecule has 0 amide bonds. The van der Waals surface area contributed by atoms with Crippen molar-refractivity contribution in [3.05, 3.63) is 35.9 Å². The van der Waals surface area contributed by atoms with E-state index in [0.717, 1.165) is 32.2 Å². The van der Waals surface area contributed by atoms with Crippen molar-refractivity contribution < 1.29 is 0 Å². The van der Waals surface area contributed by atoms with Crippen molar-refractivity contribution in [1.29, 1.82) is 0 Å². The summed E-state index contributed by atoms with van der Waals surface area (Å²) in [5.74, 6) is 2.79. The Morgan fingerprint density at radius 1 is 1.16 bits per heavy atom. The van der Waals surface area contributed by atoms with E-state index in [2.05, 4.69) is 62.3 Å². The second-order valence-electron chi connectivity index (χ2n) is 5.08. The van der Waals surface area contributed by atoms with E-state index in [1.54, 1.807) is 0 Å². The van der Waals surface area contributed by atoms with Crippen LogP contribution in [0.2, 0.25) is 0 Å². The summed E-state index contributed by atoms with van der Waals surface area (Å²) in [4.78, 5) is 0. The molecule has 1 rings (SSSR count). The van der Waals surface area contributed by atoms with Crippen LogP contribution in [0.4, 0.5) is 0 Å². The van der Waals surface area contributed by atoms with Crippen molar-refractivity contribution in [2.75, 3.05) is 6.54 Å². The van der Waals surface area contributed by atoms with E-state index in [4.69, 9.17) is 6.42 Å². The number of terminal acetylenes is 1. The van der Waals surface area contributed by atoms with Gasteiger partial charge in [0.05, 0.1) is 0 Å². The van der Waals surface area contributed by atoms with Gasteiger partial charge in [0.25, 0.3) is 0 Å². The Bertz CT molecular complexity index is 384. The first kappa shape index (κ1) is 15.8. The van der Waals surface area contributed by atoms with Crippen LogP contribution >= 0.6 is 0 Å². The summed E-state index contributed by atoms with van der Waals surface area (Å²) in [6.07, 6.45) is 9.61. The molecule has 1 atom stereocenters. The molecule has 0 saturated heterocycles. The smallest absolute Gasteiger partial charge is 0.0173 e. The predicted octanol–water partition coefficient (Wildman–Crippen LogP) is 4.14. The van der Waals surface area contributed by atoms with Gasteiger partial charge in [-0.2, -0.15) is 0 Å². The van der Waals surface area contributed by atoms with Crippen molar-refractivity contribution in [3.8, 4) is 12.3 Å². The third-order valence-electron chi connectivity index (χ3n) is 4.31. The second-order valence-corrected chi connectivity index (χ2v) is 5.08. The number of hydrogen-bond acceptors (Lipinski definition) is 1. The normalized spacial score (nSPS) is 12.9. The fraction of sp³-hybridized carbons (Fsp3) is 0.556. The molecular formula is C18H27N. The van der Waals surface area contributed by atoms with Crippen LogP contribution in [-0.2, 0) is 5.41 Å². The lowest BCUT2D eigenvalue weighted by molar-refractivity contribution is 0.263. The highest BCUT2D eigenvalue weighted by Crippen LogP contribution is 2.37. The minimum atomic E-state index is 0.189. The highest BCUT2D eigenvalue weighted by molar-refractivity contribution is 5.28. The molecule has 0 aliphatic carbocycles. The molecule has 0 aromatic heterocycles. The number of likely N-dealkylation sites (N-methyl/N-ethyl adjacent to an activating group) is 1. The highest BCUT2D eigenvalue weighted by Gasteiger charge is 2.36. The van der Waals surface area contributed by atoms with Crippen molar-refractivity contribution in [2.24, 2.45) is 0 Å². The molecule has 1 unspecified atom stereocenters. The van der Waals surface area contributed by atoms with Gasteiger partial charge in [-0.25, -0.2) is 0 Å². The molecule has 1 N–H and O–H groups in total. The molecule has 104 valence electrons. The van der Waals surface area contributed by atoms with Gasteiger partial charge in [0.1, 0.15) is 0 Å². The van der Waals surface area contributed by atoms with Gasteiger partial charge in [-0.3, -0.25) is 0 Å². The lowest BCUT2D eigenvalue weighted by Gasteiger charge is -2.41. The van der Waals surface area contributed by atoms with Crippen LogP contribution in [-0.4, -0.2) is 12.6 Å². The lowest BCUT2D eigenvalue weighted by atomic mass is 9.69. The topological polar surface area (TPSA) is 12.0 Å². The number of hydrogen-bond donors (Lipinski definition) is 1. The molecule has 1 aromatic carbocycles. The van der Waals surface area contributed by atoms with Crippen LogP contribution in [0.1, 0.15) is 52.0 Å². The summed E-state index contributed by atoms with van der Waals surface area (Å²) in [6.45, 7) is 7.74. The Morgan fingerprint density at radius 3 is 2.26 bits per heavy atom. The van der Waals surface area contributed by atoms with E-state index in [1.807, 2.05) is 0 Å².